The van der Waals surface area contributed by atoms with Crippen LogP contribution < -0.4 is 10.1 Å². The topological polar surface area (TPSA) is 42.3 Å². The number of nitrogens with zero attached hydrogens (tertiary/aromatic N) is 3. The number of ether oxygens (including phenoxy) is 1. The first-order valence-corrected chi connectivity index (χ1v) is 7.10. The van der Waals surface area contributed by atoms with Crippen LogP contribution in [-0.2, 0) is 13.6 Å². The number of aromatic nitrogens is 2. The van der Waals surface area contributed by atoms with E-state index in [1.165, 1.54) is 5.56 Å². The van der Waals surface area contributed by atoms with Crippen molar-refractivity contribution in [2.24, 2.45) is 7.05 Å². The maximum Gasteiger partial charge on any atom is 0.123 e. The minimum absolute atomic E-state index is 0.214. The third kappa shape index (κ3) is 3.83. The average molecular weight is 288 g/mol. The summed E-state index contributed by atoms with van der Waals surface area (Å²) in [6.07, 6.45) is 3.80. The van der Waals surface area contributed by atoms with Crippen molar-refractivity contribution in [3.63, 3.8) is 0 Å². The molecule has 2 aromatic rings. The fourth-order valence-corrected chi connectivity index (χ4v) is 2.47. The molecule has 0 bridgehead atoms. The van der Waals surface area contributed by atoms with Gasteiger partial charge in [-0.15, -0.1) is 0 Å². The van der Waals surface area contributed by atoms with Crippen LogP contribution in [-0.4, -0.2) is 42.2 Å². The highest BCUT2D eigenvalue weighted by Gasteiger charge is 2.16. The molecule has 0 fully saturated rings. The average Bonchev–Trinajstić information content (AvgIpc) is 2.90. The Labute approximate surface area is 126 Å². The van der Waals surface area contributed by atoms with Crippen molar-refractivity contribution in [2.75, 3.05) is 27.7 Å². The molecule has 0 aliphatic heterocycles. The van der Waals surface area contributed by atoms with E-state index in [1.807, 2.05) is 49.3 Å². The van der Waals surface area contributed by atoms with Gasteiger partial charge in [-0.3, -0.25) is 4.90 Å². The molecule has 1 unspecified atom stereocenters. The molecule has 1 aromatic heterocycles. The molecule has 1 N–H and O–H groups in total. The zero-order valence-corrected chi connectivity index (χ0v) is 13.2. The van der Waals surface area contributed by atoms with Gasteiger partial charge in [0.1, 0.15) is 11.6 Å². The number of aryl methyl sites for hydroxylation is 1. The molecular weight excluding hydrogens is 264 g/mol. The second-order valence-corrected chi connectivity index (χ2v) is 5.23. The maximum atomic E-state index is 5.46. The largest absolute Gasteiger partial charge is 0.496 e. The summed E-state index contributed by atoms with van der Waals surface area (Å²) < 4.78 is 7.51. The van der Waals surface area contributed by atoms with E-state index in [2.05, 4.69) is 28.3 Å². The highest BCUT2D eigenvalue weighted by molar-refractivity contribution is 5.36. The first-order chi connectivity index (χ1) is 10.2. The lowest BCUT2D eigenvalue weighted by Crippen LogP contribution is -2.31. The Bertz CT molecular complexity index is 567. The van der Waals surface area contributed by atoms with Gasteiger partial charge in [0, 0.05) is 37.6 Å². The van der Waals surface area contributed by atoms with E-state index in [9.17, 15) is 0 Å². The molecule has 1 atom stereocenters. The Balaban J connectivity index is 2.06. The fourth-order valence-electron chi connectivity index (χ4n) is 2.47. The summed E-state index contributed by atoms with van der Waals surface area (Å²) in [4.78, 5) is 6.63. The molecule has 0 saturated carbocycles. The van der Waals surface area contributed by atoms with Gasteiger partial charge < -0.3 is 14.6 Å². The van der Waals surface area contributed by atoms with Crippen LogP contribution in [0.25, 0.3) is 0 Å². The molecule has 2 rings (SSSR count). The SMILES string of the molecule is CNC(CN(C)Cc1nccn1C)c1ccccc1OC. The molecule has 0 amide bonds. The number of para-hydroxylation sites is 1. The van der Waals surface area contributed by atoms with Crippen molar-refractivity contribution >= 4 is 0 Å². The number of hydrogen-bond donors (Lipinski definition) is 1. The van der Waals surface area contributed by atoms with Crippen LogP contribution in [0.3, 0.4) is 0 Å². The summed E-state index contributed by atoms with van der Waals surface area (Å²) in [7, 11) is 7.81. The van der Waals surface area contributed by atoms with Crippen LogP contribution in [0.15, 0.2) is 36.7 Å². The molecule has 0 radical (unpaired) electrons. The van der Waals surface area contributed by atoms with E-state index in [1.54, 1.807) is 7.11 Å². The lowest BCUT2D eigenvalue weighted by atomic mass is 10.1. The fraction of sp³-hybridized carbons (Fsp3) is 0.438. The van der Waals surface area contributed by atoms with Crippen molar-refractivity contribution in [3.8, 4) is 5.75 Å². The van der Waals surface area contributed by atoms with Crippen molar-refractivity contribution < 1.29 is 4.74 Å². The van der Waals surface area contributed by atoms with E-state index in [0.29, 0.717) is 0 Å². The van der Waals surface area contributed by atoms with Gasteiger partial charge in [0.05, 0.1) is 13.7 Å². The third-order valence-corrected chi connectivity index (χ3v) is 3.69. The smallest absolute Gasteiger partial charge is 0.123 e. The van der Waals surface area contributed by atoms with Crippen LogP contribution in [0, 0.1) is 0 Å². The van der Waals surface area contributed by atoms with Crippen LogP contribution in [0.1, 0.15) is 17.4 Å². The normalized spacial score (nSPS) is 12.6. The van der Waals surface area contributed by atoms with Crippen molar-refractivity contribution in [1.82, 2.24) is 19.8 Å². The van der Waals surface area contributed by atoms with Crippen molar-refractivity contribution in [1.29, 1.82) is 0 Å². The van der Waals surface area contributed by atoms with Crippen LogP contribution in [0.5, 0.6) is 5.75 Å². The predicted molar refractivity (Wildman–Crippen MR) is 84.3 cm³/mol. The number of hydrogen-bond acceptors (Lipinski definition) is 4. The summed E-state index contributed by atoms with van der Waals surface area (Å²) in [5.41, 5.74) is 1.18. The van der Waals surface area contributed by atoms with Crippen LogP contribution >= 0.6 is 0 Å². The lowest BCUT2D eigenvalue weighted by Gasteiger charge is -2.25. The number of benzene rings is 1. The van der Waals surface area contributed by atoms with Crippen molar-refractivity contribution in [2.45, 2.75) is 12.6 Å². The Morgan fingerprint density at radius 3 is 2.76 bits per heavy atom. The Morgan fingerprint density at radius 2 is 2.14 bits per heavy atom. The summed E-state index contributed by atoms with van der Waals surface area (Å²) in [6, 6.07) is 8.35. The monoisotopic (exact) mass is 288 g/mol. The molecule has 0 saturated heterocycles. The zero-order chi connectivity index (χ0) is 15.2. The molecular formula is C16H24N4O. The highest BCUT2D eigenvalue weighted by Crippen LogP contribution is 2.25. The molecule has 1 heterocycles. The van der Waals surface area contributed by atoms with Crippen molar-refractivity contribution in [3.05, 3.63) is 48.0 Å². The van der Waals surface area contributed by atoms with E-state index in [0.717, 1.165) is 24.7 Å². The molecule has 21 heavy (non-hydrogen) atoms. The number of methoxy groups -OCH3 is 1. The molecule has 114 valence electrons. The lowest BCUT2D eigenvalue weighted by molar-refractivity contribution is 0.277. The van der Waals surface area contributed by atoms with E-state index < -0.39 is 0 Å². The van der Waals surface area contributed by atoms with E-state index in [-0.39, 0.29) is 6.04 Å². The standard InChI is InChI=1S/C16H24N4O/c1-17-14(13-7-5-6-8-15(13)21-4)11-19(2)12-16-18-9-10-20(16)3/h5-10,14,17H,11-12H2,1-4H3. The molecule has 0 spiro atoms. The second-order valence-electron chi connectivity index (χ2n) is 5.23. The first kappa shape index (κ1) is 15.5. The highest BCUT2D eigenvalue weighted by atomic mass is 16.5. The molecule has 1 aromatic carbocycles. The van der Waals surface area contributed by atoms with Gasteiger partial charge in [0.2, 0.25) is 0 Å². The summed E-state index contributed by atoms with van der Waals surface area (Å²) in [5, 5.41) is 3.37. The number of rotatable bonds is 7. The third-order valence-electron chi connectivity index (χ3n) is 3.69. The summed E-state index contributed by atoms with van der Waals surface area (Å²) in [5.74, 6) is 1.98. The minimum Gasteiger partial charge on any atom is -0.496 e. The van der Waals surface area contributed by atoms with Gasteiger partial charge in [0.15, 0.2) is 0 Å². The van der Waals surface area contributed by atoms with Crippen LogP contribution in [0.2, 0.25) is 0 Å². The Morgan fingerprint density at radius 1 is 1.38 bits per heavy atom. The molecule has 5 nitrogen and oxygen atoms in total. The zero-order valence-electron chi connectivity index (χ0n) is 13.2. The molecule has 5 heteroatoms. The summed E-state index contributed by atoms with van der Waals surface area (Å²) >= 11 is 0. The number of imidazole rings is 1. The molecule has 0 aliphatic carbocycles. The van der Waals surface area contributed by atoms with Gasteiger partial charge in [-0.05, 0) is 20.2 Å². The van der Waals surface area contributed by atoms with Gasteiger partial charge in [-0.2, -0.15) is 0 Å². The minimum atomic E-state index is 0.214. The maximum absolute atomic E-state index is 5.46. The summed E-state index contributed by atoms with van der Waals surface area (Å²) in [6.45, 7) is 1.70. The Hall–Kier alpha value is -1.85. The first-order valence-electron chi connectivity index (χ1n) is 7.10. The van der Waals surface area contributed by atoms with E-state index in [4.69, 9.17) is 4.74 Å². The predicted octanol–water partition coefficient (Wildman–Crippen LogP) is 1.82. The van der Waals surface area contributed by atoms with Gasteiger partial charge in [0.25, 0.3) is 0 Å². The van der Waals surface area contributed by atoms with Crippen LogP contribution in [0.4, 0.5) is 0 Å². The van der Waals surface area contributed by atoms with Gasteiger partial charge in [-0.1, -0.05) is 18.2 Å². The van der Waals surface area contributed by atoms with E-state index >= 15 is 0 Å². The molecule has 0 aliphatic rings. The Kier molecular flexibility index (Phi) is 5.36. The van der Waals surface area contributed by atoms with Gasteiger partial charge >= 0.3 is 0 Å². The number of nitrogens with one attached hydrogen (secondary N) is 1. The second kappa shape index (κ2) is 7.24. The number of likely N-dealkylation sites (N-methyl/N-ethyl adjacent to an activating group) is 2. The van der Waals surface area contributed by atoms with Gasteiger partial charge in [-0.25, -0.2) is 4.98 Å². The quantitative estimate of drug-likeness (QED) is 0.844.